The predicted molar refractivity (Wildman–Crippen MR) is 274 cm³/mol. The minimum atomic E-state index is 0. The van der Waals surface area contributed by atoms with Gasteiger partial charge in [-0.25, -0.2) is 4.70 Å². The third kappa shape index (κ3) is 23.9. The molecule has 0 amide bonds. The summed E-state index contributed by atoms with van der Waals surface area (Å²) < 4.78 is 1.64. The molecule has 0 radical (unpaired) electrons. The van der Waals surface area contributed by atoms with Crippen molar-refractivity contribution in [2.45, 2.75) is 261 Å². The molecule has 0 spiro atoms. The zero-order chi connectivity index (χ0) is 45.8. The molecule has 364 valence electrons. The summed E-state index contributed by atoms with van der Waals surface area (Å²) in [4.78, 5) is 0. The van der Waals surface area contributed by atoms with Crippen LogP contribution in [0.5, 0.6) is 0 Å². The van der Waals surface area contributed by atoms with Crippen molar-refractivity contribution in [2.75, 3.05) is 13.2 Å². The zero-order valence-corrected chi connectivity index (χ0v) is 44.4. The fourth-order valence-electron chi connectivity index (χ4n) is 9.04. The van der Waals surface area contributed by atoms with Crippen LogP contribution in [-0.2, 0) is 58.9 Å². The summed E-state index contributed by atoms with van der Waals surface area (Å²) in [7, 11) is 0. The van der Waals surface area contributed by atoms with Gasteiger partial charge in [-0.15, -0.1) is 0 Å². The molecule has 0 aliphatic carbocycles. The first-order chi connectivity index (χ1) is 30.3. The van der Waals surface area contributed by atoms with Gasteiger partial charge < -0.3 is 15.7 Å². The summed E-state index contributed by atoms with van der Waals surface area (Å²) in [6, 6.07) is 10.0. The minimum absolute atomic E-state index is 0. The van der Waals surface area contributed by atoms with Gasteiger partial charge in [0.15, 0.2) is 0 Å². The van der Waals surface area contributed by atoms with Crippen molar-refractivity contribution >= 4 is 11.4 Å². The van der Waals surface area contributed by atoms with Crippen molar-refractivity contribution < 1.29 is 35.3 Å². The number of nitrogens with zero attached hydrogens (tertiary/aromatic N) is 2. The van der Waals surface area contributed by atoms with Gasteiger partial charge in [0.1, 0.15) is 0 Å². The molecule has 0 saturated heterocycles. The molecule has 0 atom stereocenters. The monoisotopic (exact) mass is 963 g/mol. The van der Waals surface area contributed by atoms with Gasteiger partial charge in [-0.3, -0.25) is 0 Å². The average Bonchev–Trinajstić information content (AvgIpc) is 3.60. The van der Waals surface area contributed by atoms with Crippen molar-refractivity contribution in [2.24, 2.45) is 0 Å². The van der Waals surface area contributed by atoms with Crippen LogP contribution in [0.25, 0.3) is 16.9 Å². The van der Waals surface area contributed by atoms with Gasteiger partial charge in [0.2, 0.25) is 11.4 Å². The Kier molecular flexibility index (Phi) is 39.2. The van der Waals surface area contributed by atoms with E-state index in [0.29, 0.717) is 0 Å². The maximum absolute atomic E-state index is 12.5. The van der Waals surface area contributed by atoms with Crippen LogP contribution < -0.4 is 0 Å². The second kappa shape index (κ2) is 40.4. The van der Waals surface area contributed by atoms with Crippen molar-refractivity contribution in [3.8, 4) is 0 Å². The molecule has 2 aromatic rings. The maximum Gasteiger partial charge on any atom is 0.210 e. The largest absolute Gasteiger partial charge is 0.493 e. The number of aryl methyl sites for hydroxylation is 4. The van der Waals surface area contributed by atoms with Crippen molar-refractivity contribution in [1.29, 1.82) is 0 Å². The molecule has 0 saturated carbocycles. The number of allylic oxidation sites excluding steroid dienone is 2. The normalized spacial score (nSPS) is 12.2. The topological polar surface area (TPSA) is 65.8 Å². The van der Waals surface area contributed by atoms with Crippen LogP contribution in [0.1, 0.15) is 267 Å². The second-order valence-electron chi connectivity index (χ2n) is 18.2. The molecule has 0 unspecified atom stereocenters. The van der Waals surface area contributed by atoms with Gasteiger partial charge >= 0.3 is 0 Å². The molecule has 1 aliphatic rings. The minimum Gasteiger partial charge on any atom is -0.493 e. The first-order valence-electron chi connectivity index (χ1n) is 26.8. The average molecular weight is 964 g/mol. The Hall–Kier alpha value is -1.90. The molecule has 2 aromatic carbocycles. The van der Waals surface area contributed by atoms with E-state index < -0.39 is 0 Å². The van der Waals surface area contributed by atoms with Crippen LogP contribution >= 0.6 is 0 Å². The quantitative estimate of drug-likeness (QED) is 0.0425. The van der Waals surface area contributed by atoms with Crippen molar-refractivity contribution in [3.05, 3.63) is 86.0 Å². The molecule has 1 heterocycles. The van der Waals surface area contributed by atoms with Crippen LogP contribution in [0.2, 0.25) is 0 Å². The van der Waals surface area contributed by atoms with Gasteiger partial charge in [-0.05, 0) is 161 Å². The van der Waals surface area contributed by atoms with E-state index in [1.165, 1.54) is 184 Å². The third-order valence-electron chi connectivity index (χ3n) is 12.6. The fraction of sp³-hybridized carbons (Fsp3) is 0.724. The number of aliphatic hydroxyl groups is 2. The molecular weight excluding hydrogens is 863 g/mol. The van der Waals surface area contributed by atoms with Crippen LogP contribution in [0.3, 0.4) is 0 Å². The molecule has 1 aliphatic heterocycles. The van der Waals surface area contributed by atoms with Gasteiger partial charge in [-0.2, -0.15) is 0 Å². The summed E-state index contributed by atoms with van der Waals surface area (Å²) in [5.41, 5.74) is 27.8. The number of hydrogen-bond donors (Lipinski definition) is 2. The van der Waals surface area contributed by atoms with E-state index in [1.807, 2.05) is 0 Å². The van der Waals surface area contributed by atoms with E-state index in [1.54, 1.807) is 51.9 Å². The molecule has 3 rings (SSSR count). The van der Waals surface area contributed by atoms with Crippen LogP contribution in [-0.4, -0.2) is 28.1 Å². The number of hydrogen-bond acceptors (Lipinski definition) is 2. The molecule has 0 fully saturated rings. The van der Waals surface area contributed by atoms with Crippen LogP contribution in [0, 0.1) is 0 Å². The molecular formula is C58H100N2O2Pd. The predicted octanol–water partition coefficient (Wildman–Crippen LogP) is 17.6. The molecule has 0 aromatic heterocycles. The molecule has 5 heteroatoms. The second-order valence-corrected chi connectivity index (χ2v) is 18.2. The van der Waals surface area contributed by atoms with Crippen LogP contribution in [0.15, 0.2) is 35.9 Å². The Balaban J connectivity index is 0.00000518. The van der Waals surface area contributed by atoms with E-state index >= 15 is 0 Å². The van der Waals surface area contributed by atoms with Crippen molar-refractivity contribution in [1.82, 2.24) is 0 Å². The van der Waals surface area contributed by atoms with E-state index in [4.69, 9.17) is 10.2 Å². The third-order valence-corrected chi connectivity index (χ3v) is 12.6. The summed E-state index contributed by atoms with van der Waals surface area (Å²) >= 11 is 0. The van der Waals surface area contributed by atoms with Gasteiger partial charge in [0.05, 0.1) is 0 Å². The van der Waals surface area contributed by atoms with Gasteiger partial charge in [-0.1, -0.05) is 158 Å². The summed E-state index contributed by atoms with van der Waals surface area (Å²) in [6.45, 7) is 20.1. The number of aliphatic hydroxyl groups excluding tert-OH is 2. The maximum atomic E-state index is 12.5. The Labute approximate surface area is 405 Å². The van der Waals surface area contributed by atoms with E-state index in [-0.39, 0.29) is 33.6 Å². The Morgan fingerprint density at radius 1 is 0.381 bits per heavy atom. The van der Waals surface area contributed by atoms with E-state index in [2.05, 4.69) is 78.8 Å². The van der Waals surface area contributed by atoms with Crippen molar-refractivity contribution in [3.63, 3.8) is 0 Å². The van der Waals surface area contributed by atoms with E-state index in [0.717, 1.165) is 43.5 Å². The van der Waals surface area contributed by atoms with Gasteiger partial charge in [0, 0.05) is 56.4 Å². The fourth-order valence-corrected chi connectivity index (χ4v) is 9.04. The number of unbranched alkanes of at least 4 members (excludes halogenated alkanes) is 17. The SMILES string of the molecule is CCCCCCCCc1c(CCCC)cc(C2=CC(CCCCCC)=C(c3cc(CCCC)c(CCCCCCCC)c(CCCC)c3)[N+]2=[N-])cc1CCCC.CCO.CCO.[Pd]. The summed E-state index contributed by atoms with van der Waals surface area (Å²) in [5.74, 6) is 0. The summed E-state index contributed by atoms with van der Waals surface area (Å²) in [6.07, 6.45) is 41.1. The molecule has 4 nitrogen and oxygen atoms in total. The van der Waals surface area contributed by atoms with Gasteiger partial charge in [0.25, 0.3) is 0 Å². The molecule has 63 heavy (non-hydrogen) atoms. The van der Waals surface area contributed by atoms with E-state index in [9.17, 15) is 5.53 Å². The zero-order valence-electron chi connectivity index (χ0n) is 42.8. The number of benzene rings is 2. The first-order valence-corrected chi connectivity index (χ1v) is 26.8. The Morgan fingerprint density at radius 3 is 1.02 bits per heavy atom. The standard InChI is InChI=1S/C54H88N2.2C2H6O.Pd/c1-8-15-22-25-27-30-37-51-44(32-18-11-4)39-49(40-45(51)33-19-12-5)53-43-48(36-29-24-17-10-3)54(56(53)55)50-41-46(34-20-13-6)52(47(42-50)35-21-14-7)38-31-28-26-23-16-9-2;2*1-2-3;/h39-43H,8-38H2,1-7H3;2*3H,2H2,1H3;. The Bertz CT molecular complexity index is 1460. The smallest absolute Gasteiger partial charge is 0.210 e. The molecule has 2 N–H and O–H groups in total. The Morgan fingerprint density at radius 2 is 0.667 bits per heavy atom. The number of rotatable bonds is 33. The summed E-state index contributed by atoms with van der Waals surface area (Å²) in [5, 5.41) is 15.1. The van der Waals surface area contributed by atoms with Crippen LogP contribution in [0.4, 0.5) is 0 Å². The molecule has 0 bridgehead atoms. The first kappa shape index (κ1) is 61.1.